The highest BCUT2D eigenvalue weighted by atomic mass is 19.4. The molecular weight excluding hydrogens is 289 g/mol. The van der Waals surface area contributed by atoms with E-state index in [-0.39, 0.29) is 17.9 Å². The van der Waals surface area contributed by atoms with Gasteiger partial charge in [0.2, 0.25) is 0 Å². The molecule has 1 N–H and O–H groups in total. The molecule has 0 aliphatic heterocycles. The van der Waals surface area contributed by atoms with Gasteiger partial charge >= 0.3 is 12.1 Å². The van der Waals surface area contributed by atoms with Gasteiger partial charge in [-0.3, -0.25) is 0 Å². The zero-order chi connectivity index (χ0) is 16.0. The third-order valence-corrected chi connectivity index (χ3v) is 2.46. The minimum absolute atomic E-state index is 0.122. The van der Waals surface area contributed by atoms with E-state index in [0.29, 0.717) is 0 Å². The molecule has 0 amide bonds. The fraction of sp³-hybridized carbons (Fsp3) is 0.357. The number of alkyl halides is 3. The quantitative estimate of drug-likeness (QED) is 0.820. The van der Waals surface area contributed by atoms with Crippen LogP contribution >= 0.6 is 0 Å². The molecule has 1 aromatic rings. The van der Waals surface area contributed by atoms with Gasteiger partial charge in [-0.1, -0.05) is 6.07 Å². The summed E-state index contributed by atoms with van der Waals surface area (Å²) in [7, 11) is 1.42. The lowest BCUT2D eigenvalue weighted by Crippen LogP contribution is -2.20. The molecule has 0 fully saturated rings. The highest BCUT2D eigenvalue weighted by molar-refractivity contribution is 5.85. The van der Waals surface area contributed by atoms with Gasteiger partial charge in [0.1, 0.15) is 11.9 Å². The Kier molecular flexibility index (Phi) is 5.78. The van der Waals surface area contributed by atoms with Crippen LogP contribution in [0.5, 0.6) is 5.75 Å². The van der Waals surface area contributed by atoms with Crippen LogP contribution in [0, 0.1) is 0 Å². The first-order valence-corrected chi connectivity index (χ1v) is 6.02. The van der Waals surface area contributed by atoms with E-state index in [1.165, 1.54) is 13.2 Å². The van der Waals surface area contributed by atoms with Gasteiger partial charge in [-0.2, -0.15) is 13.2 Å². The predicted octanol–water partition coefficient (Wildman–Crippen LogP) is 3.22. The van der Waals surface area contributed by atoms with Gasteiger partial charge in [-0.05, 0) is 30.7 Å². The molecule has 21 heavy (non-hydrogen) atoms. The zero-order valence-electron chi connectivity index (χ0n) is 11.5. The van der Waals surface area contributed by atoms with Crippen molar-refractivity contribution in [2.75, 3.05) is 13.7 Å². The van der Waals surface area contributed by atoms with E-state index in [0.717, 1.165) is 24.3 Å². The summed E-state index contributed by atoms with van der Waals surface area (Å²) in [6.07, 6.45) is -3.30. The Morgan fingerprint density at radius 2 is 2.10 bits per heavy atom. The van der Waals surface area contributed by atoms with Gasteiger partial charge < -0.3 is 14.6 Å². The summed E-state index contributed by atoms with van der Waals surface area (Å²) >= 11 is 0. The van der Waals surface area contributed by atoms with Crippen molar-refractivity contribution in [2.24, 2.45) is 0 Å². The van der Waals surface area contributed by atoms with Crippen molar-refractivity contribution in [3.63, 3.8) is 0 Å². The molecule has 1 atom stereocenters. The molecule has 0 saturated heterocycles. The lowest BCUT2D eigenvalue weighted by Gasteiger charge is -2.18. The number of aliphatic carboxylic acids is 1. The van der Waals surface area contributed by atoms with Gasteiger partial charge in [0.25, 0.3) is 0 Å². The Hall–Kier alpha value is -2.02. The fourth-order valence-electron chi connectivity index (χ4n) is 1.63. The number of carboxylic acid groups (broad SMARTS) is 1. The minimum atomic E-state index is -4.60. The number of carbonyl (C=O) groups is 1. The van der Waals surface area contributed by atoms with Gasteiger partial charge in [-0.25, -0.2) is 4.79 Å². The molecular formula is C14H15F3O4. The van der Waals surface area contributed by atoms with Crippen LogP contribution in [-0.2, 0) is 15.7 Å². The second kappa shape index (κ2) is 7.12. The van der Waals surface area contributed by atoms with E-state index in [4.69, 9.17) is 14.6 Å². The molecule has 0 spiro atoms. The maximum atomic E-state index is 13.0. The number of ether oxygens (including phenoxy) is 2. The van der Waals surface area contributed by atoms with E-state index in [1.807, 2.05) is 0 Å². The van der Waals surface area contributed by atoms with Crippen LogP contribution in [0.1, 0.15) is 18.1 Å². The molecule has 0 aliphatic rings. The van der Waals surface area contributed by atoms with Gasteiger partial charge in [-0.15, -0.1) is 0 Å². The Morgan fingerprint density at radius 1 is 1.43 bits per heavy atom. The summed E-state index contributed by atoms with van der Waals surface area (Å²) in [6, 6.07) is 3.36. The van der Waals surface area contributed by atoms with Crippen LogP contribution in [0.25, 0.3) is 6.08 Å². The van der Waals surface area contributed by atoms with E-state index >= 15 is 0 Å². The molecule has 1 aromatic carbocycles. The Balaban J connectivity index is 3.11. The number of carboxylic acids is 1. The number of halogens is 3. The Bertz CT molecular complexity index is 523. The molecule has 0 heterocycles. The first-order valence-electron chi connectivity index (χ1n) is 6.02. The first kappa shape index (κ1) is 17.0. The van der Waals surface area contributed by atoms with E-state index in [1.54, 1.807) is 6.92 Å². The maximum absolute atomic E-state index is 13.0. The third-order valence-electron chi connectivity index (χ3n) is 2.46. The monoisotopic (exact) mass is 304 g/mol. The normalized spacial score (nSPS) is 13.4. The van der Waals surface area contributed by atoms with Crippen LogP contribution in [0.2, 0.25) is 0 Å². The van der Waals surface area contributed by atoms with Crippen LogP contribution in [0.3, 0.4) is 0 Å². The number of hydrogen-bond acceptors (Lipinski definition) is 3. The van der Waals surface area contributed by atoms with Crippen molar-refractivity contribution < 1.29 is 32.5 Å². The third kappa shape index (κ3) is 5.47. The van der Waals surface area contributed by atoms with Crippen LogP contribution in [-0.4, -0.2) is 30.9 Å². The van der Waals surface area contributed by atoms with Crippen molar-refractivity contribution in [3.05, 3.63) is 35.4 Å². The molecule has 0 bridgehead atoms. The molecule has 1 unspecified atom stereocenters. The van der Waals surface area contributed by atoms with Crippen molar-refractivity contribution in [2.45, 2.75) is 19.2 Å². The summed E-state index contributed by atoms with van der Waals surface area (Å²) in [5, 5.41) is 8.49. The summed E-state index contributed by atoms with van der Waals surface area (Å²) < 4.78 is 49.1. The largest absolute Gasteiger partial charge is 0.488 e. The SMILES string of the molecule is COCC(C)Oc1ccc(C=CC(=O)O)cc1C(F)(F)F. The first-order chi connectivity index (χ1) is 9.74. The lowest BCUT2D eigenvalue weighted by molar-refractivity contribution is -0.139. The average Bonchev–Trinajstić information content (AvgIpc) is 2.36. The van der Waals surface area contributed by atoms with E-state index in [9.17, 15) is 18.0 Å². The molecule has 7 heteroatoms. The van der Waals surface area contributed by atoms with Crippen molar-refractivity contribution in [3.8, 4) is 5.75 Å². The number of hydrogen-bond donors (Lipinski definition) is 1. The number of rotatable bonds is 6. The summed E-state index contributed by atoms with van der Waals surface area (Å²) in [5.74, 6) is -1.56. The summed E-state index contributed by atoms with van der Waals surface area (Å²) in [4.78, 5) is 10.4. The van der Waals surface area contributed by atoms with Crippen LogP contribution < -0.4 is 4.74 Å². The molecule has 0 aliphatic carbocycles. The Morgan fingerprint density at radius 3 is 2.62 bits per heavy atom. The standard InChI is InChI=1S/C14H15F3O4/c1-9(8-20-2)21-12-5-3-10(4-6-13(18)19)7-11(12)14(15,16)17/h3-7,9H,8H2,1-2H3,(H,18,19). The average molecular weight is 304 g/mol. The van der Waals surface area contributed by atoms with Crippen molar-refractivity contribution in [1.82, 2.24) is 0 Å². The molecule has 0 saturated carbocycles. The topological polar surface area (TPSA) is 55.8 Å². The van der Waals surface area contributed by atoms with Crippen molar-refractivity contribution >= 4 is 12.0 Å². The van der Waals surface area contributed by atoms with E-state index < -0.39 is 23.8 Å². The minimum Gasteiger partial charge on any atom is -0.488 e. The van der Waals surface area contributed by atoms with Crippen LogP contribution in [0.4, 0.5) is 13.2 Å². The highest BCUT2D eigenvalue weighted by Gasteiger charge is 2.35. The molecule has 0 radical (unpaired) electrons. The number of methoxy groups -OCH3 is 1. The molecule has 0 aromatic heterocycles. The van der Waals surface area contributed by atoms with Crippen molar-refractivity contribution in [1.29, 1.82) is 0 Å². The van der Waals surface area contributed by atoms with Crippen LogP contribution in [0.15, 0.2) is 24.3 Å². The maximum Gasteiger partial charge on any atom is 0.419 e. The molecule has 116 valence electrons. The van der Waals surface area contributed by atoms with Gasteiger partial charge in [0.05, 0.1) is 12.2 Å². The second-order valence-electron chi connectivity index (χ2n) is 4.31. The Labute approximate surface area is 119 Å². The fourth-order valence-corrected chi connectivity index (χ4v) is 1.63. The zero-order valence-corrected chi connectivity index (χ0v) is 11.5. The van der Waals surface area contributed by atoms with Gasteiger partial charge in [0.15, 0.2) is 0 Å². The predicted molar refractivity (Wildman–Crippen MR) is 70.1 cm³/mol. The highest BCUT2D eigenvalue weighted by Crippen LogP contribution is 2.37. The molecule has 4 nitrogen and oxygen atoms in total. The smallest absolute Gasteiger partial charge is 0.419 e. The second-order valence-corrected chi connectivity index (χ2v) is 4.31. The lowest BCUT2D eigenvalue weighted by atomic mass is 10.1. The number of benzene rings is 1. The summed E-state index contributed by atoms with van der Waals surface area (Å²) in [6.45, 7) is 1.74. The van der Waals surface area contributed by atoms with Gasteiger partial charge in [0, 0.05) is 13.2 Å². The van der Waals surface area contributed by atoms with E-state index in [2.05, 4.69) is 0 Å². The summed E-state index contributed by atoms with van der Waals surface area (Å²) in [5.41, 5.74) is -0.838. The molecule has 1 rings (SSSR count).